The van der Waals surface area contributed by atoms with Crippen molar-refractivity contribution in [3.63, 3.8) is 0 Å². The van der Waals surface area contributed by atoms with E-state index in [1.165, 1.54) is 18.3 Å². The molecule has 192 valence electrons. The molecule has 1 saturated heterocycles. The number of hydrogen-bond donors (Lipinski definition) is 1. The summed E-state index contributed by atoms with van der Waals surface area (Å²) in [5.41, 5.74) is -0.711. The lowest BCUT2D eigenvalue weighted by atomic mass is 10.00. The second-order valence-corrected chi connectivity index (χ2v) is 10.5. The number of carbonyl (C=O) groups is 2. The molecule has 1 aromatic heterocycles. The number of benzene rings is 1. The fourth-order valence-electron chi connectivity index (χ4n) is 3.78. The molecule has 35 heavy (non-hydrogen) atoms. The third kappa shape index (κ3) is 7.00. The average molecular weight is 518 g/mol. The number of rotatable bonds is 6. The van der Waals surface area contributed by atoms with Crippen LogP contribution in [0.3, 0.4) is 0 Å². The number of aromatic nitrogens is 1. The van der Waals surface area contributed by atoms with Gasteiger partial charge in [0.15, 0.2) is 9.84 Å². The second kappa shape index (κ2) is 10.7. The van der Waals surface area contributed by atoms with Gasteiger partial charge in [0.05, 0.1) is 16.5 Å². The summed E-state index contributed by atoms with van der Waals surface area (Å²) in [6.07, 6.45) is 2.03. The Kier molecular flexibility index (Phi) is 8.14. The Bertz CT molecular complexity index is 1180. The predicted octanol–water partition coefficient (Wildman–Crippen LogP) is 4.01. The summed E-state index contributed by atoms with van der Waals surface area (Å²) in [7, 11) is -3.29. The molecule has 1 aromatic carbocycles. The molecule has 2 aromatic rings. The number of hydrogen-bond acceptors (Lipinski definition) is 5. The van der Waals surface area contributed by atoms with Gasteiger partial charge in [0, 0.05) is 32.5 Å². The normalized spacial score (nSPS) is 16.8. The van der Waals surface area contributed by atoms with Crippen LogP contribution < -0.4 is 5.32 Å². The molecule has 0 spiro atoms. The zero-order chi connectivity index (χ0) is 25.8. The van der Waals surface area contributed by atoms with Crippen LogP contribution in [0.15, 0.2) is 41.4 Å². The number of nitrogens with zero attached hydrogens (tertiary/aromatic N) is 2. The molecule has 4 rings (SSSR count). The van der Waals surface area contributed by atoms with Crippen LogP contribution in [0.1, 0.15) is 54.8 Å². The first kappa shape index (κ1) is 26.6. The van der Waals surface area contributed by atoms with Crippen LogP contribution in [0.2, 0.25) is 0 Å². The Hall–Kier alpha value is -3.02. The van der Waals surface area contributed by atoms with Crippen LogP contribution in [0, 0.1) is 11.7 Å². The zero-order valence-corrected chi connectivity index (χ0v) is 19.7. The van der Waals surface area contributed by atoms with E-state index in [1.807, 2.05) is 0 Å². The highest BCUT2D eigenvalue weighted by Crippen LogP contribution is 2.42. The van der Waals surface area contributed by atoms with Crippen molar-refractivity contribution in [3.05, 3.63) is 59.2 Å². The summed E-state index contributed by atoms with van der Waals surface area (Å²) in [6.45, 7) is 1.45. The molecular weight excluding hydrogens is 490 g/mol. The molecule has 7 nitrogen and oxygen atoms in total. The third-order valence-corrected chi connectivity index (χ3v) is 6.89. The first-order chi connectivity index (χ1) is 16.4. The van der Waals surface area contributed by atoms with Gasteiger partial charge in [-0.25, -0.2) is 12.8 Å². The lowest BCUT2D eigenvalue weighted by Crippen LogP contribution is -2.28. The molecule has 12 heteroatoms. The van der Waals surface area contributed by atoms with Gasteiger partial charge < -0.3 is 10.2 Å². The number of pyridine rings is 1. The lowest BCUT2D eigenvalue weighted by molar-refractivity contribution is -0.137. The molecule has 2 fully saturated rings. The van der Waals surface area contributed by atoms with Crippen molar-refractivity contribution in [1.29, 1.82) is 0 Å². The van der Waals surface area contributed by atoms with Crippen molar-refractivity contribution in [2.45, 2.75) is 42.8 Å². The number of halogens is 4. The Balaban J connectivity index is 0.000000247. The van der Waals surface area contributed by atoms with Crippen molar-refractivity contribution in [3.8, 4) is 0 Å². The van der Waals surface area contributed by atoms with Crippen molar-refractivity contribution in [2.75, 3.05) is 19.3 Å². The quantitative estimate of drug-likeness (QED) is 0.462. The molecule has 1 atom stereocenters. The first-order valence-electron chi connectivity index (χ1n) is 10.9. The average Bonchev–Trinajstić information content (AvgIpc) is 3.49. The van der Waals surface area contributed by atoms with E-state index < -0.39 is 33.4 Å². The van der Waals surface area contributed by atoms with Gasteiger partial charge in [-0.05, 0) is 55.9 Å². The third-order valence-electron chi connectivity index (χ3n) is 5.78. The Morgan fingerprint density at radius 3 is 2.37 bits per heavy atom. The highest BCUT2D eigenvalue weighted by Gasteiger charge is 2.36. The Morgan fingerprint density at radius 2 is 1.86 bits per heavy atom. The SMILES string of the molecule is CS(=O)(=O)c1ccnc(C(=O)N2CCCC2)c1.O=CN[C@@H](c1ccc(C(F)(F)F)cc1F)C1CC1.[HH]. The fraction of sp³-hybridized carbons (Fsp3) is 0.435. The van der Waals surface area contributed by atoms with Gasteiger partial charge in [-0.1, -0.05) is 6.07 Å². The second-order valence-electron chi connectivity index (χ2n) is 8.48. The predicted molar refractivity (Wildman–Crippen MR) is 121 cm³/mol. The van der Waals surface area contributed by atoms with Crippen LogP contribution >= 0.6 is 0 Å². The van der Waals surface area contributed by atoms with E-state index in [2.05, 4.69) is 10.3 Å². The van der Waals surface area contributed by atoms with Gasteiger partial charge in [-0.2, -0.15) is 13.2 Å². The zero-order valence-electron chi connectivity index (χ0n) is 18.9. The van der Waals surface area contributed by atoms with Gasteiger partial charge in [-0.15, -0.1) is 0 Å². The number of likely N-dealkylation sites (tertiary alicyclic amines) is 1. The largest absolute Gasteiger partial charge is 0.416 e. The van der Waals surface area contributed by atoms with Crippen molar-refractivity contribution < 1.29 is 37.0 Å². The maximum Gasteiger partial charge on any atom is 0.416 e. The van der Waals surface area contributed by atoms with Crippen LogP contribution in [-0.2, 0) is 20.8 Å². The van der Waals surface area contributed by atoms with E-state index in [9.17, 15) is 35.6 Å². The van der Waals surface area contributed by atoms with E-state index in [0.717, 1.165) is 57.2 Å². The van der Waals surface area contributed by atoms with E-state index >= 15 is 0 Å². The van der Waals surface area contributed by atoms with Crippen molar-refractivity contribution in [1.82, 2.24) is 15.2 Å². The summed E-state index contributed by atoms with van der Waals surface area (Å²) < 4.78 is 73.6. The van der Waals surface area contributed by atoms with Crippen LogP contribution in [0.25, 0.3) is 0 Å². The molecular formula is C23H27F4N3O4S. The topological polar surface area (TPSA) is 96.4 Å². The number of carbonyl (C=O) groups excluding carboxylic acids is 2. The number of nitrogens with one attached hydrogen (secondary N) is 1. The standard InChI is InChI=1S/C12H11F4NO.C11H14N2O3S.H2/c13-10-5-8(12(14,15)16)3-4-9(10)11(17-6-18)7-1-2-7;1-17(15,16)9-4-5-12-10(8-9)11(14)13-6-2-3-7-13;/h3-7,11H,1-2H2,(H,17,18);4-5,8H,2-3,6-7H2,1H3;1H/t11-;;/m1../s1. The molecule has 1 N–H and O–H groups in total. The monoisotopic (exact) mass is 517 g/mol. The molecule has 0 unspecified atom stereocenters. The van der Waals surface area contributed by atoms with Crippen molar-refractivity contribution >= 4 is 22.2 Å². The summed E-state index contributed by atoms with van der Waals surface area (Å²) in [5, 5.41) is 2.46. The van der Waals surface area contributed by atoms with E-state index in [-0.39, 0.29) is 29.4 Å². The molecule has 1 aliphatic heterocycles. The van der Waals surface area contributed by atoms with E-state index in [0.29, 0.717) is 12.5 Å². The van der Waals surface area contributed by atoms with E-state index in [4.69, 9.17) is 0 Å². The molecule has 0 bridgehead atoms. The minimum atomic E-state index is -4.56. The molecule has 0 radical (unpaired) electrons. The van der Waals surface area contributed by atoms with Gasteiger partial charge >= 0.3 is 6.18 Å². The summed E-state index contributed by atoms with van der Waals surface area (Å²) >= 11 is 0. The van der Waals surface area contributed by atoms with Crippen molar-refractivity contribution in [2.24, 2.45) is 5.92 Å². The molecule has 2 heterocycles. The number of amides is 2. The fourth-order valence-corrected chi connectivity index (χ4v) is 4.41. The Morgan fingerprint density at radius 1 is 1.20 bits per heavy atom. The lowest BCUT2D eigenvalue weighted by Gasteiger charge is -2.17. The minimum Gasteiger partial charge on any atom is -0.351 e. The van der Waals surface area contributed by atoms with Crippen LogP contribution in [0.4, 0.5) is 17.6 Å². The van der Waals surface area contributed by atoms with Crippen LogP contribution in [0.5, 0.6) is 0 Å². The maximum atomic E-state index is 13.7. The molecule has 2 aliphatic rings. The van der Waals surface area contributed by atoms with E-state index in [1.54, 1.807) is 4.90 Å². The van der Waals surface area contributed by atoms with Gasteiger partial charge in [0.25, 0.3) is 5.91 Å². The van der Waals surface area contributed by atoms with Gasteiger partial charge in [0.1, 0.15) is 11.5 Å². The van der Waals surface area contributed by atoms with Crippen LogP contribution in [-0.4, -0.2) is 50.0 Å². The van der Waals surface area contributed by atoms with Gasteiger partial charge in [0.2, 0.25) is 6.41 Å². The minimum absolute atomic E-state index is 0. The summed E-state index contributed by atoms with van der Waals surface area (Å²) in [4.78, 5) is 28.2. The summed E-state index contributed by atoms with van der Waals surface area (Å²) in [5.74, 6) is -1.01. The summed E-state index contributed by atoms with van der Waals surface area (Å²) in [6, 6.07) is 4.60. The first-order valence-corrected chi connectivity index (χ1v) is 12.8. The smallest absolute Gasteiger partial charge is 0.351 e. The highest BCUT2D eigenvalue weighted by atomic mass is 32.2. The Labute approximate surface area is 201 Å². The van der Waals surface area contributed by atoms with Gasteiger partial charge in [-0.3, -0.25) is 14.6 Å². The number of alkyl halides is 3. The molecule has 1 aliphatic carbocycles. The molecule has 2 amide bonds. The number of sulfone groups is 1. The molecule has 1 saturated carbocycles. The maximum absolute atomic E-state index is 13.7. The highest BCUT2D eigenvalue weighted by molar-refractivity contribution is 7.90.